The SMILES string of the molecule is Cn1cc[n+](-c2ccc(N)cc2S(=O)(=O)O)c1. The number of aromatic nitrogens is 2. The summed E-state index contributed by atoms with van der Waals surface area (Å²) in [5.41, 5.74) is 6.14. The van der Waals surface area contributed by atoms with E-state index in [1.165, 1.54) is 6.07 Å². The summed E-state index contributed by atoms with van der Waals surface area (Å²) < 4.78 is 35.0. The van der Waals surface area contributed by atoms with Gasteiger partial charge in [-0.3, -0.25) is 4.55 Å². The second-order valence-electron chi connectivity index (χ2n) is 3.69. The Morgan fingerprint density at radius 3 is 2.65 bits per heavy atom. The van der Waals surface area contributed by atoms with Gasteiger partial charge in [0.15, 0.2) is 5.69 Å². The van der Waals surface area contributed by atoms with Gasteiger partial charge in [0.05, 0.1) is 7.05 Å². The second kappa shape index (κ2) is 3.86. The minimum absolute atomic E-state index is 0.214. The molecule has 6 nitrogen and oxygen atoms in total. The Hall–Kier alpha value is -1.86. The van der Waals surface area contributed by atoms with Crippen molar-refractivity contribution in [1.82, 2.24) is 4.57 Å². The van der Waals surface area contributed by atoms with Gasteiger partial charge in [0.2, 0.25) is 6.33 Å². The van der Waals surface area contributed by atoms with Crippen LogP contribution in [-0.4, -0.2) is 17.5 Å². The largest absolute Gasteiger partial charge is 0.399 e. The average molecular weight is 254 g/mol. The number of benzene rings is 1. The monoisotopic (exact) mass is 254 g/mol. The van der Waals surface area contributed by atoms with E-state index in [-0.39, 0.29) is 10.6 Å². The van der Waals surface area contributed by atoms with Crippen LogP contribution in [-0.2, 0) is 17.2 Å². The lowest BCUT2D eigenvalue weighted by Gasteiger charge is -2.04. The van der Waals surface area contributed by atoms with E-state index in [9.17, 15) is 8.42 Å². The van der Waals surface area contributed by atoms with Crippen LogP contribution in [0.1, 0.15) is 0 Å². The van der Waals surface area contributed by atoms with Crippen molar-refractivity contribution < 1.29 is 17.5 Å². The summed E-state index contributed by atoms with van der Waals surface area (Å²) >= 11 is 0. The maximum atomic E-state index is 11.3. The van der Waals surface area contributed by atoms with Crippen LogP contribution in [0.2, 0.25) is 0 Å². The summed E-state index contributed by atoms with van der Waals surface area (Å²) in [6.07, 6.45) is 5.12. The van der Waals surface area contributed by atoms with Gasteiger partial charge in [-0.1, -0.05) is 0 Å². The van der Waals surface area contributed by atoms with Crippen molar-refractivity contribution in [3.8, 4) is 5.69 Å². The van der Waals surface area contributed by atoms with Crippen LogP contribution in [0.5, 0.6) is 0 Å². The molecule has 0 atom stereocenters. The van der Waals surface area contributed by atoms with Crippen molar-refractivity contribution in [2.45, 2.75) is 4.90 Å². The minimum atomic E-state index is -4.30. The molecule has 7 heteroatoms. The number of hydrogen-bond donors (Lipinski definition) is 2. The first-order chi connectivity index (χ1) is 7.88. The summed E-state index contributed by atoms with van der Waals surface area (Å²) in [6, 6.07) is 4.34. The van der Waals surface area contributed by atoms with Crippen molar-refractivity contribution in [3.63, 3.8) is 0 Å². The number of nitrogens with two attached hydrogens (primary N) is 1. The Morgan fingerprint density at radius 1 is 1.41 bits per heavy atom. The lowest BCUT2D eigenvalue weighted by Crippen LogP contribution is -2.30. The van der Waals surface area contributed by atoms with Gasteiger partial charge in [0, 0.05) is 5.69 Å². The molecule has 0 amide bonds. The van der Waals surface area contributed by atoms with E-state index in [0.717, 1.165) is 0 Å². The molecule has 0 aliphatic rings. The molecule has 1 aromatic heterocycles. The van der Waals surface area contributed by atoms with E-state index < -0.39 is 10.1 Å². The predicted octanol–water partition coefficient (Wildman–Crippen LogP) is 0.131. The molecule has 0 aliphatic heterocycles. The van der Waals surface area contributed by atoms with E-state index in [2.05, 4.69) is 0 Å². The first-order valence-electron chi connectivity index (χ1n) is 4.78. The molecular formula is C10H12N3O3S+. The molecule has 0 saturated carbocycles. The summed E-state index contributed by atoms with van der Waals surface area (Å²) in [4.78, 5) is -0.214. The number of nitrogens with zero attached hydrogens (tertiary/aromatic N) is 2. The Morgan fingerprint density at radius 2 is 2.12 bits per heavy atom. The highest BCUT2D eigenvalue weighted by Gasteiger charge is 2.20. The molecule has 0 bridgehead atoms. The maximum absolute atomic E-state index is 11.3. The first kappa shape index (κ1) is 11.6. The topological polar surface area (TPSA) is 89.2 Å². The van der Waals surface area contributed by atoms with Gasteiger partial charge < -0.3 is 5.73 Å². The van der Waals surface area contributed by atoms with Gasteiger partial charge in [-0.15, -0.1) is 0 Å². The summed E-state index contributed by atoms with van der Waals surface area (Å²) in [5.74, 6) is 0. The molecule has 2 rings (SSSR count). The smallest absolute Gasteiger partial charge is 0.298 e. The zero-order valence-corrected chi connectivity index (χ0v) is 9.92. The Balaban J connectivity index is 2.70. The molecule has 1 aromatic carbocycles. The first-order valence-corrected chi connectivity index (χ1v) is 6.22. The van der Waals surface area contributed by atoms with Gasteiger partial charge in [0.1, 0.15) is 17.3 Å². The molecular weight excluding hydrogens is 242 g/mol. The third kappa shape index (κ3) is 2.29. The van der Waals surface area contributed by atoms with Gasteiger partial charge in [-0.2, -0.15) is 8.42 Å². The molecule has 0 unspecified atom stereocenters. The number of rotatable bonds is 2. The fourth-order valence-electron chi connectivity index (χ4n) is 1.54. The van der Waals surface area contributed by atoms with Crippen LogP contribution in [0.4, 0.5) is 5.69 Å². The van der Waals surface area contributed by atoms with Crippen molar-refractivity contribution in [2.75, 3.05) is 5.73 Å². The number of hydrogen-bond acceptors (Lipinski definition) is 3. The molecule has 0 fully saturated rings. The van der Waals surface area contributed by atoms with Crippen molar-refractivity contribution in [3.05, 3.63) is 36.9 Å². The third-order valence-corrected chi connectivity index (χ3v) is 3.19. The van der Waals surface area contributed by atoms with E-state index in [1.54, 1.807) is 47.0 Å². The third-order valence-electron chi connectivity index (χ3n) is 2.31. The average Bonchev–Trinajstić information content (AvgIpc) is 2.63. The molecule has 0 aliphatic carbocycles. The van der Waals surface area contributed by atoms with Crippen LogP contribution < -0.4 is 10.3 Å². The van der Waals surface area contributed by atoms with Crippen LogP contribution >= 0.6 is 0 Å². The van der Waals surface area contributed by atoms with Gasteiger partial charge in [0.25, 0.3) is 10.1 Å². The number of anilines is 1. The summed E-state index contributed by atoms with van der Waals surface area (Å²) in [7, 11) is -2.50. The Kier molecular flexibility index (Phi) is 2.64. The van der Waals surface area contributed by atoms with Crippen LogP contribution in [0, 0.1) is 0 Å². The zero-order valence-electron chi connectivity index (χ0n) is 9.11. The number of aryl methyl sites for hydroxylation is 1. The highest BCUT2D eigenvalue weighted by atomic mass is 32.2. The minimum Gasteiger partial charge on any atom is -0.399 e. The number of imidazole rings is 1. The van der Waals surface area contributed by atoms with E-state index in [1.807, 2.05) is 0 Å². The molecule has 3 N–H and O–H groups in total. The Bertz CT molecular complexity index is 661. The lowest BCUT2D eigenvalue weighted by atomic mass is 10.3. The number of nitrogen functional groups attached to an aromatic ring is 1. The molecule has 1 heterocycles. The fraction of sp³-hybridized carbons (Fsp3) is 0.100. The normalized spacial score (nSPS) is 11.6. The van der Waals surface area contributed by atoms with Gasteiger partial charge in [-0.25, -0.2) is 9.13 Å². The van der Waals surface area contributed by atoms with Crippen LogP contribution in [0.25, 0.3) is 5.69 Å². The fourth-order valence-corrected chi connectivity index (χ4v) is 2.27. The van der Waals surface area contributed by atoms with E-state index in [4.69, 9.17) is 10.3 Å². The van der Waals surface area contributed by atoms with Crippen LogP contribution in [0.15, 0.2) is 41.8 Å². The van der Waals surface area contributed by atoms with Crippen LogP contribution in [0.3, 0.4) is 0 Å². The molecule has 0 spiro atoms. The van der Waals surface area contributed by atoms with Crippen molar-refractivity contribution >= 4 is 15.8 Å². The lowest BCUT2D eigenvalue weighted by molar-refractivity contribution is -0.597. The zero-order chi connectivity index (χ0) is 12.6. The maximum Gasteiger partial charge on any atom is 0.298 e. The molecule has 2 aromatic rings. The molecule has 0 radical (unpaired) electrons. The quantitative estimate of drug-likeness (QED) is 0.453. The summed E-state index contributed by atoms with van der Waals surface area (Å²) in [6.45, 7) is 0. The second-order valence-corrected chi connectivity index (χ2v) is 5.08. The summed E-state index contributed by atoms with van der Waals surface area (Å²) in [5, 5.41) is 0. The van der Waals surface area contributed by atoms with E-state index in [0.29, 0.717) is 5.69 Å². The van der Waals surface area contributed by atoms with Gasteiger partial charge in [-0.05, 0) is 18.2 Å². The predicted molar refractivity (Wildman–Crippen MR) is 61.2 cm³/mol. The molecule has 90 valence electrons. The highest BCUT2D eigenvalue weighted by Crippen LogP contribution is 2.18. The molecule has 0 saturated heterocycles. The van der Waals surface area contributed by atoms with E-state index >= 15 is 0 Å². The molecule has 17 heavy (non-hydrogen) atoms. The van der Waals surface area contributed by atoms with Crippen molar-refractivity contribution in [2.24, 2.45) is 7.05 Å². The standard InChI is InChI=1S/C10H11N3O3S/c1-12-4-5-13(7-12)9-3-2-8(11)6-10(9)17(14,15)16/h2-7H,11H2,1H3/p+1. The highest BCUT2D eigenvalue weighted by molar-refractivity contribution is 7.86. The Labute approximate surface area is 98.7 Å². The van der Waals surface area contributed by atoms with Gasteiger partial charge >= 0.3 is 0 Å². The van der Waals surface area contributed by atoms with Crippen molar-refractivity contribution in [1.29, 1.82) is 0 Å².